The Morgan fingerprint density at radius 2 is 2.13 bits per heavy atom. The zero-order valence-corrected chi connectivity index (χ0v) is 8.83. The lowest BCUT2D eigenvalue weighted by atomic mass is 10.4. The number of rotatable bonds is 2. The van der Waals surface area contributed by atoms with E-state index in [2.05, 4.69) is 19.6 Å². The Hall–Kier alpha value is -1.76. The molecule has 2 heterocycles. The third kappa shape index (κ3) is 1.73. The first-order chi connectivity index (χ1) is 7.08. The molecule has 0 atom stereocenters. The summed E-state index contributed by atoms with van der Waals surface area (Å²) < 4.78 is 4.56. The van der Waals surface area contributed by atoms with E-state index < -0.39 is 11.9 Å². The number of hydrogen-bond acceptors (Lipinski definition) is 6. The van der Waals surface area contributed by atoms with Crippen LogP contribution in [0.4, 0.5) is 0 Å². The molecule has 0 aromatic carbocycles. The van der Waals surface area contributed by atoms with E-state index in [1.165, 1.54) is 11.3 Å². The van der Waals surface area contributed by atoms with Crippen molar-refractivity contribution in [2.75, 3.05) is 0 Å². The molecule has 0 aliphatic rings. The number of aryl methyl sites for hydroxylation is 2. The molecule has 0 radical (unpaired) electrons. The van der Waals surface area contributed by atoms with E-state index in [-0.39, 0.29) is 5.82 Å². The summed E-state index contributed by atoms with van der Waals surface area (Å²) in [5, 5.41) is 13.1. The second-order valence-corrected chi connectivity index (χ2v) is 4.08. The van der Waals surface area contributed by atoms with Crippen LogP contribution in [0.25, 0.3) is 10.7 Å². The number of thiazole rings is 1. The summed E-state index contributed by atoms with van der Waals surface area (Å²) in [7, 11) is 0. The van der Waals surface area contributed by atoms with Crippen molar-refractivity contribution >= 4 is 17.3 Å². The minimum absolute atomic E-state index is 0.274. The van der Waals surface area contributed by atoms with Crippen LogP contribution in [-0.4, -0.2) is 26.2 Å². The molecule has 0 aliphatic carbocycles. The highest BCUT2D eigenvalue weighted by atomic mass is 32.1. The van der Waals surface area contributed by atoms with E-state index in [4.69, 9.17) is 5.11 Å². The molecule has 0 saturated heterocycles. The van der Waals surface area contributed by atoms with Gasteiger partial charge in [0.1, 0.15) is 0 Å². The Kier molecular flexibility index (Phi) is 2.24. The van der Waals surface area contributed by atoms with Gasteiger partial charge in [0.15, 0.2) is 0 Å². The predicted octanol–water partition coefficient (Wildman–Crippen LogP) is 1.51. The van der Waals surface area contributed by atoms with E-state index >= 15 is 0 Å². The fourth-order valence-electron chi connectivity index (χ4n) is 1.14. The van der Waals surface area contributed by atoms with Crippen LogP contribution in [0.3, 0.4) is 0 Å². The first-order valence-electron chi connectivity index (χ1n) is 4.09. The molecule has 0 spiro atoms. The molecule has 78 valence electrons. The highest BCUT2D eigenvalue weighted by Gasteiger charge is 2.17. The zero-order chi connectivity index (χ0) is 11.0. The SMILES string of the molecule is Cc1nc(C)c(-c2noc(C(=O)O)n2)s1. The Morgan fingerprint density at radius 1 is 1.40 bits per heavy atom. The average Bonchev–Trinajstić information content (AvgIpc) is 2.71. The van der Waals surface area contributed by atoms with Crippen LogP contribution in [-0.2, 0) is 0 Å². The third-order valence-corrected chi connectivity index (χ3v) is 2.78. The number of carbonyl (C=O) groups is 1. The summed E-state index contributed by atoms with van der Waals surface area (Å²) >= 11 is 1.40. The van der Waals surface area contributed by atoms with E-state index in [9.17, 15) is 4.79 Å². The van der Waals surface area contributed by atoms with Crippen LogP contribution in [0.15, 0.2) is 4.52 Å². The maximum atomic E-state index is 10.5. The van der Waals surface area contributed by atoms with Crippen molar-refractivity contribution in [2.45, 2.75) is 13.8 Å². The molecule has 0 amide bonds. The molecule has 7 heteroatoms. The quantitative estimate of drug-likeness (QED) is 0.833. The van der Waals surface area contributed by atoms with Gasteiger partial charge < -0.3 is 9.63 Å². The number of carboxylic acids is 1. The summed E-state index contributed by atoms with van der Waals surface area (Å²) in [6.45, 7) is 3.68. The van der Waals surface area contributed by atoms with Crippen molar-refractivity contribution in [1.82, 2.24) is 15.1 Å². The van der Waals surface area contributed by atoms with Crippen molar-refractivity contribution in [3.05, 3.63) is 16.6 Å². The molecule has 15 heavy (non-hydrogen) atoms. The van der Waals surface area contributed by atoms with Gasteiger partial charge in [0.2, 0.25) is 5.82 Å². The first-order valence-corrected chi connectivity index (χ1v) is 4.91. The van der Waals surface area contributed by atoms with E-state index in [1.54, 1.807) is 0 Å². The van der Waals surface area contributed by atoms with Gasteiger partial charge in [0.05, 0.1) is 15.6 Å². The van der Waals surface area contributed by atoms with Crippen molar-refractivity contribution in [3.8, 4) is 10.7 Å². The molecule has 0 aliphatic heterocycles. The maximum Gasteiger partial charge on any atom is 0.394 e. The standard InChI is InChI=1S/C8H7N3O3S/c1-3-5(15-4(2)9-3)6-10-7(8(12)13)14-11-6/h1-2H3,(H,12,13). The first kappa shape index (κ1) is 9.78. The average molecular weight is 225 g/mol. The largest absolute Gasteiger partial charge is 0.474 e. The van der Waals surface area contributed by atoms with Gasteiger partial charge >= 0.3 is 11.9 Å². The van der Waals surface area contributed by atoms with Crippen LogP contribution in [0.2, 0.25) is 0 Å². The second-order valence-electron chi connectivity index (χ2n) is 2.88. The molecular formula is C8H7N3O3S. The molecule has 0 unspecified atom stereocenters. The Morgan fingerprint density at radius 3 is 2.60 bits per heavy atom. The van der Waals surface area contributed by atoms with Crippen molar-refractivity contribution in [3.63, 3.8) is 0 Å². The molecule has 0 saturated carbocycles. The van der Waals surface area contributed by atoms with Gasteiger partial charge in [0, 0.05) is 0 Å². The Bertz CT molecular complexity index is 517. The van der Waals surface area contributed by atoms with E-state index in [0.717, 1.165) is 15.6 Å². The maximum absolute atomic E-state index is 10.5. The lowest BCUT2D eigenvalue weighted by Crippen LogP contribution is -1.95. The number of nitrogens with zero attached hydrogens (tertiary/aromatic N) is 3. The molecule has 2 aromatic heterocycles. The van der Waals surface area contributed by atoms with Crippen molar-refractivity contribution in [1.29, 1.82) is 0 Å². The highest BCUT2D eigenvalue weighted by molar-refractivity contribution is 7.15. The summed E-state index contributed by atoms with van der Waals surface area (Å²) in [5.41, 5.74) is 0.773. The molecule has 0 bridgehead atoms. The van der Waals surface area contributed by atoms with Crippen LogP contribution in [0.1, 0.15) is 21.4 Å². The summed E-state index contributed by atoms with van der Waals surface area (Å²) in [4.78, 5) is 19.2. The van der Waals surface area contributed by atoms with Gasteiger partial charge in [-0.15, -0.1) is 11.3 Å². The normalized spacial score (nSPS) is 10.5. The Balaban J connectivity index is 2.45. The molecule has 6 nitrogen and oxygen atoms in total. The van der Waals surface area contributed by atoms with Gasteiger partial charge in [-0.2, -0.15) is 4.98 Å². The smallest absolute Gasteiger partial charge is 0.394 e. The number of aromatic nitrogens is 3. The molecular weight excluding hydrogens is 218 g/mol. The van der Waals surface area contributed by atoms with Gasteiger partial charge in [-0.1, -0.05) is 5.16 Å². The van der Waals surface area contributed by atoms with Crippen LogP contribution < -0.4 is 0 Å². The molecule has 0 fully saturated rings. The number of hydrogen-bond donors (Lipinski definition) is 1. The topological polar surface area (TPSA) is 89.1 Å². The van der Waals surface area contributed by atoms with E-state index in [0.29, 0.717) is 0 Å². The van der Waals surface area contributed by atoms with Crippen LogP contribution in [0, 0.1) is 13.8 Å². The third-order valence-electron chi connectivity index (χ3n) is 1.72. The van der Waals surface area contributed by atoms with Crippen molar-refractivity contribution in [2.24, 2.45) is 0 Å². The van der Waals surface area contributed by atoms with E-state index in [1.807, 2.05) is 13.8 Å². The fraction of sp³-hybridized carbons (Fsp3) is 0.250. The Labute approximate surface area is 88.6 Å². The lowest BCUT2D eigenvalue weighted by molar-refractivity contribution is 0.0643. The molecule has 2 aromatic rings. The van der Waals surface area contributed by atoms with Gasteiger partial charge in [-0.25, -0.2) is 9.78 Å². The van der Waals surface area contributed by atoms with Crippen molar-refractivity contribution < 1.29 is 14.4 Å². The summed E-state index contributed by atoms with van der Waals surface area (Å²) in [6.07, 6.45) is 0. The van der Waals surface area contributed by atoms with Crippen LogP contribution in [0.5, 0.6) is 0 Å². The zero-order valence-electron chi connectivity index (χ0n) is 8.01. The molecule has 2 rings (SSSR count). The van der Waals surface area contributed by atoms with Gasteiger partial charge in [0.25, 0.3) is 0 Å². The second kappa shape index (κ2) is 3.43. The molecule has 1 N–H and O–H groups in total. The predicted molar refractivity (Wildman–Crippen MR) is 51.8 cm³/mol. The van der Waals surface area contributed by atoms with Gasteiger partial charge in [-0.05, 0) is 13.8 Å². The lowest BCUT2D eigenvalue weighted by Gasteiger charge is -1.86. The fourth-order valence-corrected chi connectivity index (χ4v) is 1.99. The van der Waals surface area contributed by atoms with Crippen LogP contribution >= 0.6 is 11.3 Å². The highest BCUT2D eigenvalue weighted by Crippen LogP contribution is 2.26. The minimum Gasteiger partial charge on any atom is -0.474 e. The minimum atomic E-state index is -1.23. The number of aromatic carboxylic acids is 1. The summed E-state index contributed by atoms with van der Waals surface area (Å²) in [5.74, 6) is -1.36. The monoisotopic (exact) mass is 225 g/mol. The van der Waals surface area contributed by atoms with Gasteiger partial charge in [-0.3, -0.25) is 0 Å². The number of carboxylic acid groups (broad SMARTS) is 1. The summed E-state index contributed by atoms with van der Waals surface area (Å²) in [6, 6.07) is 0.